The molecule has 17 heavy (non-hydrogen) atoms. The van der Waals surface area contributed by atoms with Crippen LogP contribution in [0.15, 0.2) is 18.2 Å². The second kappa shape index (κ2) is 5.00. The Hall–Kier alpha value is -1.16. The lowest BCUT2D eigenvalue weighted by atomic mass is 10.1. The van der Waals surface area contributed by atoms with Gasteiger partial charge in [0, 0.05) is 24.1 Å². The van der Waals surface area contributed by atoms with Crippen LogP contribution in [0, 0.1) is 6.92 Å². The Morgan fingerprint density at radius 2 is 2.29 bits per heavy atom. The molecule has 1 heterocycles. The van der Waals surface area contributed by atoms with Crippen LogP contribution in [0.5, 0.6) is 5.75 Å². The second-order valence-corrected chi connectivity index (χ2v) is 5.95. The molecule has 1 unspecified atom stereocenters. The zero-order chi connectivity index (χ0) is 12.4. The third kappa shape index (κ3) is 2.57. The van der Waals surface area contributed by atoms with Gasteiger partial charge in [0.25, 0.3) is 5.91 Å². The number of hydrogen-bond donors (Lipinski definition) is 1. The van der Waals surface area contributed by atoms with Crippen LogP contribution in [0.1, 0.15) is 22.8 Å². The van der Waals surface area contributed by atoms with Crippen molar-refractivity contribution in [1.82, 2.24) is 4.90 Å². The summed E-state index contributed by atoms with van der Waals surface area (Å²) in [6.07, 6.45) is 0. The summed E-state index contributed by atoms with van der Waals surface area (Å²) in [4.78, 5) is 14.1. The van der Waals surface area contributed by atoms with Crippen LogP contribution in [0.25, 0.3) is 0 Å². The summed E-state index contributed by atoms with van der Waals surface area (Å²) in [5.41, 5.74) is 1.17. The van der Waals surface area contributed by atoms with Gasteiger partial charge in [0.1, 0.15) is 5.75 Å². The summed E-state index contributed by atoms with van der Waals surface area (Å²) in [6.45, 7) is 5.46. The first-order chi connectivity index (χ1) is 8.09. The average molecular weight is 251 g/mol. The van der Waals surface area contributed by atoms with Crippen LogP contribution in [0.4, 0.5) is 0 Å². The number of phenolic OH excluding ortho intramolecular Hbond substituents is 1. The smallest absolute Gasteiger partial charge is 0.257 e. The minimum atomic E-state index is -0.0571. The zero-order valence-electron chi connectivity index (χ0n) is 10.1. The lowest BCUT2D eigenvalue weighted by molar-refractivity contribution is 0.0760. The minimum Gasteiger partial charge on any atom is -0.507 e. The van der Waals surface area contributed by atoms with E-state index < -0.39 is 0 Å². The Kier molecular flexibility index (Phi) is 3.62. The maximum absolute atomic E-state index is 12.3. The van der Waals surface area contributed by atoms with E-state index >= 15 is 0 Å². The van der Waals surface area contributed by atoms with Crippen LogP contribution in [-0.2, 0) is 0 Å². The van der Waals surface area contributed by atoms with Gasteiger partial charge in [-0.1, -0.05) is 19.1 Å². The van der Waals surface area contributed by atoms with E-state index in [9.17, 15) is 9.90 Å². The number of phenols is 1. The number of rotatable bonds is 1. The van der Waals surface area contributed by atoms with Crippen molar-refractivity contribution in [1.29, 1.82) is 0 Å². The van der Waals surface area contributed by atoms with Crippen molar-refractivity contribution in [2.24, 2.45) is 0 Å². The van der Waals surface area contributed by atoms with E-state index in [0.29, 0.717) is 10.8 Å². The summed E-state index contributed by atoms with van der Waals surface area (Å²) in [5.74, 6) is 1.03. The molecular formula is C13H17NO2S. The molecule has 0 saturated carbocycles. The van der Waals surface area contributed by atoms with Gasteiger partial charge in [-0.2, -0.15) is 11.8 Å². The SMILES string of the molecule is Cc1cccc(C(=O)N2CCSC(C)C2)c1O. The van der Waals surface area contributed by atoms with Gasteiger partial charge in [0.15, 0.2) is 0 Å². The molecule has 0 radical (unpaired) electrons. The molecule has 4 heteroatoms. The highest BCUT2D eigenvalue weighted by Gasteiger charge is 2.24. The summed E-state index contributed by atoms with van der Waals surface area (Å²) in [7, 11) is 0. The quantitative estimate of drug-likeness (QED) is 0.832. The number of para-hydroxylation sites is 1. The molecule has 92 valence electrons. The lowest BCUT2D eigenvalue weighted by Gasteiger charge is -2.30. The monoisotopic (exact) mass is 251 g/mol. The fourth-order valence-corrected chi connectivity index (χ4v) is 3.02. The number of thioether (sulfide) groups is 1. The van der Waals surface area contributed by atoms with Gasteiger partial charge in [0.2, 0.25) is 0 Å². The predicted molar refractivity (Wildman–Crippen MR) is 70.7 cm³/mol. The third-order valence-electron chi connectivity index (χ3n) is 3.00. The topological polar surface area (TPSA) is 40.5 Å². The van der Waals surface area contributed by atoms with Crippen LogP contribution in [0.3, 0.4) is 0 Å². The van der Waals surface area contributed by atoms with Crippen molar-refractivity contribution in [2.75, 3.05) is 18.8 Å². The molecule has 1 aliphatic rings. The first-order valence-electron chi connectivity index (χ1n) is 5.79. The van der Waals surface area contributed by atoms with Crippen molar-refractivity contribution < 1.29 is 9.90 Å². The van der Waals surface area contributed by atoms with Crippen molar-refractivity contribution in [3.8, 4) is 5.75 Å². The summed E-state index contributed by atoms with van der Waals surface area (Å²) >= 11 is 1.89. The molecule has 1 aliphatic heterocycles. The molecule has 0 bridgehead atoms. The second-order valence-electron chi connectivity index (χ2n) is 4.40. The summed E-state index contributed by atoms with van der Waals surface area (Å²) < 4.78 is 0. The van der Waals surface area contributed by atoms with E-state index in [0.717, 1.165) is 24.4 Å². The fraction of sp³-hybridized carbons (Fsp3) is 0.462. The number of aryl methyl sites for hydroxylation is 1. The minimum absolute atomic E-state index is 0.0571. The zero-order valence-corrected chi connectivity index (χ0v) is 11.0. The standard InChI is InChI=1S/C13H17NO2S/c1-9-4-3-5-11(12(9)15)13(16)14-6-7-17-10(2)8-14/h3-5,10,15H,6-8H2,1-2H3. The molecule has 0 aliphatic carbocycles. The Labute approximate surface area is 106 Å². The highest BCUT2D eigenvalue weighted by molar-refractivity contribution is 7.99. The maximum Gasteiger partial charge on any atom is 0.257 e. The van der Waals surface area contributed by atoms with Crippen molar-refractivity contribution in [2.45, 2.75) is 19.1 Å². The molecule has 1 aromatic carbocycles. The number of benzene rings is 1. The number of carbonyl (C=O) groups excluding carboxylic acids is 1. The summed E-state index contributed by atoms with van der Waals surface area (Å²) in [6, 6.07) is 5.31. The van der Waals surface area contributed by atoms with E-state index in [2.05, 4.69) is 6.92 Å². The van der Waals surface area contributed by atoms with E-state index in [1.807, 2.05) is 22.7 Å². The Morgan fingerprint density at radius 1 is 1.53 bits per heavy atom. The molecule has 1 N–H and O–H groups in total. The Morgan fingerprint density at radius 3 is 3.00 bits per heavy atom. The maximum atomic E-state index is 12.3. The normalized spacial score (nSPS) is 20.4. The van der Waals surface area contributed by atoms with Gasteiger partial charge in [-0.15, -0.1) is 0 Å². The van der Waals surface area contributed by atoms with Crippen LogP contribution in [0.2, 0.25) is 0 Å². The summed E-state index contributed by atoms with van der Waals surface area (Å²) in [5, 5.41) is 10.4. The predicted octanol–water partition coefficient (Wildman–Crippen LogP) is 2.28. The van der Waals surface area contributed by atoms with Gasteiger partial charge < -0.3 is 10.0 Å². The van der Waals surface area contributed by atoms with Gasteiger partial charge in [0.05, 0.1) is 5.56 Å². The fourth-order valence-electron chi connectivity index (χ4n) is 2.00. The lowest BCUT2D eigenvalue weighted by Crippen LogP contribution is -2.41. The van der Waals surface area contributed by atoms with Crippen LogP contribution in [-0.4, -0.2) is 40.0 Å². The largest absolute Gasteiger partial charge is 0.507 e. The third-order valence-corrected chi connectivity index (χ3v) is 4.13. The number of amides is 1. The van der Waals surface area contributed by atoms with Crippen LogP contribution >= 0.6 is 11.8 Å². The molecule has 1 atom stereocenters. The Balaban J connectivity index is 2.22. The van der Waals surface area contributed by atoms with Crippen molar-refractivity contribution in [3.63, 3.8) is 0 Å². The van der Waals surface area contributed by atoms with Gasteiger partial charge in [-0.3, -0.25) is 4.79 Å². The number of nitrogens with zero attached hydrogens (tertiary/aromatic N) is 1. The molecule has 2 rings (SSSR count). The number of aromatic hydroxyl groups is 1. The average Bonchev–Trinajstić information content (AvgIpc) is 2.32. The first-order valence-corrected chi connectivity index (χ1v) is 6.84. The van der Waals surface area contributed by atoms with E-state index in [1.54, 1.807) is 19.1 Å². The molecule has 1 saturated heterocycles. The Bertz CT molecular complexity index is 433. The molecule has 0 spiro atoms. The molecule has 3 nitrogen and oxygen atoms in total. The van der Waals surface area contributed by atoms with Crippen molar-refractivity contribution in [3.05, 3.63) is 29.3 Å². The van der Waals surface area contributed by atoms with E-state index in [4.69, 9.17) is 0 Å². The van der Waals surface area contributed by atoms with E-state index in [-0.39, 0.29) is 11.7 Å². The molecule has 1 amide bonds. The molecule has 1 fully saturated rings. The molecule has 1 aromatic rings. The van der Waals surface area contributed by atoms with E-state index in [1.165, 1.54) is 0 Å². The van der Waals surface area contributed by atoms with Gasteiger partial charge >= 0.3 is 0 Å². The van der Waals surface area contributed by atoms with Gasteiger partial charge in [-0.25, -0.2) is 0 Å². The highest BCUT2D eigenvalue weighted by Crippen LogP contribution is 2.25. The van der Waals surface area contributed by atoms with Gasteiger partial charge in [-0.05, 0) is 18.6 Å². The first kappa shape index (κ1) is 12.3. The molecular weight excluding hydrogens is 234 g/mol. The number of carbonyl (C=O) groups is 1. The molecule has 0 aromatic heterocycles. The van der Waals surface area contributed by atoms with Crippen LogP contribution < -0.4 is 0 Å². The van der Waals surface area contributed by atoms with Crippen molar-refractivity contribution >= 4 is 17.7 Å². The number of hydrogen-bond acceptors (Lipinski definition) is 3. The highest BCUT2D eigenvalue weighted by atomic mass is 32.2.